The smallest absolute Gasteiger partial charge is 0.0967 e. The predicted octanol–water partition coefficient (Wildman–Crippen LogP) is 4.79. The Morgan fingerprint density at radius 2 is 1.76 bits per heavy atom. The molecule has 0 aliphatic rings. The molecule has 21 heavy (non-hydrogen) atoms. The molecule has 0 aliphatic heterocycles. The molecule has 2 aromatic carbocycles. The first kappa shape index (κ1) is 13.0. The van der Waals surface area contributed by atoms with Crippen LogP contribution in [0.15, 0.2) is 53.9 Å². The monoisotopic (exact) mass is 311 g/mol. The fourth-order valence-electron chi connectivity index (χ4n) is 2.54. The molecule has 4 heteroatoms. The van der Waals surface area contributed by atoms with Crippen LogP contribution in [0.25, 0.3) is 20.3 Å². The van der Waals surface area contributed by atoms with Crippen molar-refractivity contribution >= 4 is 43.0 Å². The second-order valence-corrected chi connectivity index (χ2v) is 7.01. The molecule has 1 N–H and O–H groups in total. The fourth-order valence-corrected chi connectivity index (χ4v) is 4.55. The molecule has 0 radical (unpaired) electrons. The van der Waals surface area contributed by atoms with Gasteiger partial charge in [-0.15, -0.1) is 22.7 Å². The van der Waals surface area contributed by atoms with Crippen LogP contribution in [0.4, 0.5) is 0 Å². The highest BCUT2D eigenvalue weighted by Crippen LogP contribution is 2.33. The lowest BCUT2D eigenvalue weighted by Gasteiger charge is -2.07. The Morgan fingerprint density at radius 1 is 1.00 bits per heavy atom. The highest BCUT2D eigenvalue weighted by Gasteiger charge is 2.15. The van der Waals surface area contributed by atoms with Crippen molar-refractivity contribution in [3.63, 3.8) is 0 Å². The minimum absolute atomic E-state index is 0.498. The summed E-state index contributed by atoms with van der Waals surface area (Å²) < 4.78 is 2.39. The van der Waals surface area contributed by atoms with Crippen LogP contribution in [-0.2, 0) is 6.42 Å². The molecule has 4 rings (SSSR count). The Morgan fingerprint density at radius 3 is 2.62 bits per heavy atom. The molecule has 1 atom stereocenters. The molecule has 0 saturated heterocycles. The third-order valence-electron chi connectivity index (χ3n) is 3.58. The van der Waals surface area contributed by atoms with Gasteiger partial charge in [0.1, 0.15) is 0 Å². The second-order valence-electron chi connectivity index (χ2n) is 4.98. The maximum absolute atomic E-state index is 10.6. The van der Waals surface area contributed by atoms with Gasteiger partial charge in [-0.3, -0.25) is 0 Å². The van der Waals surface area contributed by atoms with E-state index in [-0.39, 0.29) is 0 Å². The predicted molar refractivity (Wildman–Crippen MR) is 90.1 cm³/mol. The minimum atomic E-state index is -0.498. The van der Waals surface area contributed by atoms with Crippen LogP contribution in [0.2, 0.25) is 0 Å². The number of nitrogens with zero attached hydrogens (tertiary/aromatic N) is 1. The Bertz CT molecular complexity index is 876. The molecular weight excluding hydrogens is 298 g/mol. The fraction of sp³-hybridized carbons (Fsp3) is 0.118. The standard InChI is InChI=1S/C17H13NOS2/c19-14(12-10-20-15-7-3-1-5-11(12)15)9-17-18-13-6-2-4-8-16(13)21-17/h1-8,10,14,19H,9H2. The van der Waals surface area contributed by atoms with Crippen LogP contribution in [-0.4, -0.2) is 10.1 Å². The number of aliphatic hydroxyl groups excluding tert-OH is 1. The number of hydrogen-bond donors (Lipinski definition) is 1. The average Bonchev–Trinajstić information content (AvgIpc) is 3.10. The number of hydrogen-bond acceptors (Lipinski definition) is 4. The number of aromatic nitrogens is 1. The average molecular weight is 311 g/mol. The Hall–Kier alpha value is -1.75. The van der Waals surface area contributed by atoms with Crippen molar-refractivity contribution in [2.24, 2.45) is 0 Å². The normalized spacial score (nSPS) is 13.0. The van der Waals surface area contributed by atoms with Crippen molar-refractivity contribution in [2.75, 3.05) is 0 Å². The van der Waals surface area contributed by atoms with Crippen molar-refractivity contribution in [3.8, 4) is 0 Å². The van der Waals surface area contributed by atoms with Gasteiger partial charge in [-0.25, -0.2) is 4.98 Å². The molecule has 2 aromatic heterocycles. The molecule has 0 amide bonds. The van der Waals surface area contributed by atoms with E-state index in [1.165, 1.54) is 9.40 Å². The van der Waals surface area contributed by atoms with E-state index in [9.17, 15) is 5.11 Å². The van der Waals surface area contributed by atoms with Gasteiger partial charge < -0.3 is 5.11 Å². The highest BCUT2D eigenvalue weighted by molar-refractivity contribution is 7.18. The quantitative estimate of drug-likeness (QED) is 0.590. The molecule has 4 aromatic rings. The Balaban J connectivity index is 1.67. The summed E-state index contributed by atoms with van der Waals surface area (Å²) in [6.07, 6.45) is 0.0711. The van der Waals surface area contributed by atoms with Gasteiger partial charge in [-0.2, -0.15) is 0 Å². The molecule has 104 valence electrons. The van der Waals surface area contributed by atoms with Gasteiger partial charge in [0.15, 0.2) is 0 Å². The second kappa shape index (κ2) is 5.22. The van der Waals surface area contributed by atoms with Gasteiger partial charge in [0.05, 0.1) is 21.3 Å². The summed E-state index contributed by atoms with van der Waals surface area (Å²) in [5.74, 6) is 0. The molecule has 2 heterocycles. The summed E-state index contributed by atoms with van der Waals surface area (Å²) >= 11 is 3.34. The lowest BCUT2D eigenvalue weighted by atomic mass is 10.1. The van der Waals surface area contributed by atoms with Crippen molar-refractivity contribution in [3.05, 3.63) is 64.5 Å². The van der Waals surface area contributed by atoms with E-state index in [0.29, 0.717) is 6.42 Å². The van der Waals surface area contributed by atoms with E-state index in [4.69, 9.17) is 0 Å². The van der Waals surface area contributed by atoms with E-state index < -0.39 is 6.10 Å². The zero-order chi connectivity index (χ0) is 14.2. The molecule has 0 bridgehead atoms. The number of fused-ring (bicyclic) bond motifs is 2. The molecule has 0 spiro atoms. The van der Waals surface area contributed by atoms with Gasteiger partial charge in [0.25, 0.3) is 0 Å². The Labute approximate surface area is 130 Å². The number of para-hydroxylation sites is 1. The first-order chi connectivity index (χ1) is 10.3. The third kappa shape index (κ3) is 2.35. The summed E-state index contributed by atoms with van der Waals surface area (Å²) in [6.45, 7) is 0. The third-order valence-corrected chi connectivity index (χ3v) is 5.62. The van der Waals surface area contributed by atoms with Crippen molar-refractivity contribution in [2.45, 2.75) is 12.5 Å². The summed E-state index contributed by atoms with van der Waals surface area (Å²) in [6, 6.07) is 16.3. The van der Waals surface area contributed by atoms with Gasteiger partial charge in [0.2, 0.25) is 0 Å². The van der Waals surface area contributed by atoms with Crippen LogP contribution in [0.3, 0.4) is 0 Å². The maximum Gasteiger partial charge on any atom is 0.0967 e. The van der Waals surface area contributed by atoms with Gasteiger partial charge in [-0.05, 0) is 34.5 Å². The van der Waals surface area contributed by atoms with E-state index in [2.05, 4.69) is 28.6 Å². The van der Waals surface area contributed by atoms with Crippen LogP contribution < -0.4 is 0 Å². The first-order valence-electron chi connectivity index (χ1n) is 6.80. The first-order valence-corrected chi connectivity index (χ1v) is 8.49. The maximum atomic E-state index is 10.6. The van der Waals surface area contributed by atoms with Crippen molar-refractivity contribution in [1.82, 2.24) is 4.98 Å². The molecule has 0 saturated carbocycles. The highest BCUT2D eigenvalue weighted by atomic mass is 32.1. The van der Waals surface area contributed by atoms with Crippen LogP contribution in [0, 0.1) is 0 Å². The van der Waals surface area contributed by atoms with E-state index in [1.54, 1.807) is 22.7 Å². The van der Waals surface area contributed by atoms with Gasteiger partial charge in [0, 0.05) is 11.1 Å². The van der Waals surface area contributed by atoms with Crippen LogP contribution in [0.1, 0.15) is 16.7 Å². The van der Waals surface area contributed by atoms with E-state index in [0.717, 1.165) is 21.5 Å². The van der Waals surface area contributed by atoms with Crippen LogP contribution in [0.5, 0.6) is 0 Å². The number of benzene rings is 2. The molecular formula is C17H13NOS2. The largest absolute Gasteiger partial charge is 0.388 e. The summed E-state index contributed by atoms with van der Waals surface area (Å²) in [5, 5.41) is 14.8. The van der Waals surface area contributed by atoms with Gasteiger partial charge in [-0.1, -0.05) is 30.3 Å². The lowest BCUT2D eigenvalue weighted by Crippen LogP contribution is -2.00. The SMILES string of the molecule is OC(Cc1nc2ccccc2s1)c1csc2ccccc12. The molecule has 0 fully saturated rings. The molecule has 1 unspecified atom stereocenters. The van der Waals surface area contributed by atoms with Crippen molar-refractivity contribution in [1.29, 1.82) is 0 Å². The lowest BCUT2D eigenvalue weighted by molar-refractivity contribution is 0.180. The van der Waals surface area contributed by atoms with Gasteiger partial charge >= 0.3 is 0 Å². The zero-order valence-corrected chi connectivity index (χ0v) is 12.8. The van der Waals surface area contributed by atoms with Crippen molar-refractivity contribution < 1.29 is 5.11 Å². The zero-order valence-electron chi connectivity index (χ0n) is 11.2. The number of aliphatic hydroxyl groups is 1. The summed E-state index contributed by atoms with van der Waals surface area (Å²) in [7, 11) is 0. The topological polar surface area (TPSA) is 33.1 Å². The number of thiophene rings is 1. The minimum Gasteiger partial charge on any atom is -0.388 e. The van der Waals surface area contributed by atoms with Crippen LogP contribution >= 0.6 is 22.7 Å². The Kier molecular flexibility index (Phi) is 3.22. The molecule has 0 aliphatic carbocycles. The number of rotatable bonds is 3. The number of thiazole rings is 1. The van der Waals surface area contributed by atoms with E-state index in [1.807, 2.05) is 30.3 Å². The molecule has 2 nitrogen and oxygen atoms in total. The van der Waals surface area contributed by atoms with E-state index >= 15 is 0 Å². The summed E-state index contributed by atoms with van der Waals surface area (Å²) in [4.78, 5) is 4.60. The summed E-state index contributed by atoms with van der Waals surface area (Å²) in [5.41, 5.74) is 2.02.